The highest BCUT2D eigenvalue weighted by Gasteiger charge is 2.03. The van der Waals surface area contributed by atoms with Gasteiger partial charge in [-0.1, -0.05) is 15.9 Å². The van der Waals surface area contributed by atoms with Crippen molar-refractivity contribution >= 4 is 15.9 Å². The largest absolute Gasteiger partial charge is 0.308 e. The number of halogens is 1. The maximum atomic E-state index is 8.04. The maximum Gasteiger partial charge on any atom is 0.169 e. The lowest BCUT2D eigenvalue weighted by Gasteiger charge is -2.05. The number of hydrogen-bond donors (Lipinski definition) is 1. The fourth-order valence-corrected chi connectivity index (χ4v) is 1.23. The molecule has 0 aliphatic heterocycles. The molecular weight excluding hydrogens is 224 g/mol. The molecule has 0 spiro atoms. The van der Waals surface area contributed by atoms with Gasteiger partial charge in [0.2, 0.25) is 0 Å². The van der Waals surface area contributed by atoms with Crippen LogP contribution in [-0.2, 0) is 5.04 Å². The highest BCUT2D eigenvalue weighted by atomic mass is 79.9. The third kappa shape index (κ3) is 1.97. The quantitative estimate of drug-likeness (QED) is 0.630. The monoisotopic (exact) mass is 232 g/mol. The van der Waals surface area contributed by atoms with E-state index in [9.17, 15) is 0 Å². The molecule has 4 heteroatoms. The van der Waals surface area contributed by atoms with Gasteiger partial charge in [-0.2, -0.15) is 0 Å². The van der Waals surface area contributed by atoms with Crippen molar-refractivity contribution in [3.63, 3.8) is 0 Å². The zero-order chi connectivity index (χ0) is 9.14. The van der Waals surface area contributed by atoms with Gasteiger partial charge in [0.25, 0.3) is 0 Å². The lowest BCUT2D eigenvalue weighted by atomic mass is 10.1. The number of aryl methyl sites for hydroxylation is 2. The van der Waals surface area contributed by atoms with Crippen LogP contribution >= 0.6 is 15.9 Å². The summed E-state index contributed by atoms with van der Waals surface area (Å²) in [7, 11) is 0. The Morgan fingerprint density at radius 2 is 1.75 bits per heavy atom. The summed E-state index contributed by atoms with van der Waals surface area (Å²) in [6, 6.07) is 3.51. The van der Waals surface area contributed by atoms with Crippen LogP contribution in [0.2, 0.25) is 0 Å². The van der Waals surface area contributed by atoms with Gasteiger partial charge in [0, 0.05) is 4.47 Å². The van der Waals surface area contributed by atoms with E-state index in [4.69, 9.17) is 5.26 Å². The molecular formula is C8H9BrO3. The van der Waals surface area contributed by atoms with Gasteiger partial charge < -0.3 is 4.89 Å². The molecule has 0 radical (unpaired) electrons. The van der Waals surface area contributed by atoms with Gasteiger partial charge in [-0.15, -0.1) is 0 Å². The van der Waals surface area contributed by atoms with Gasteiger partial charge in [-0.25, -0.2) is 5.26 Å². The van der Waals surface area contributed by atoms with Crippen LogP contribution in [0.5, 0.6) is 5.75 Å². The molecule has 0 aliphatic rings. The zero-order valence-electron chi connectivity index (χ0n) is 6.80. The highest BCUT2D eigenvalue weighted by molar-refractivity contribution is 9.10. The summed E-state index contributed by atoms with van der Waals surface area (Å²) >= 11 is 3.41. The minimum absolute atomic E-state index is 0.482. The number of benzene rings is 1. The Balaban J connectivity index is 3.04. The van der Waals surface area contributed by atoms with Gasteiger partial charge in [0.15, 0.2) is 5.75 Å². The molecule has 66 valence electrons. The zero-order valence-corrected chi connectivity index (χ0v) is 8.38. The summed E-state index contributed by atoms with van der Waals surface area (Å²) in [6.45, 7) is 3.86. The third-order valence-electron chi connectivity index (χ3n) is 1.54. The first-order valence-corrected chi connectivity index (χ1v) is 4.19. The van der Waals surface area contributed by atoms with Crippen molar-refractivity contribution in [2.45, 2.75) is 13.8 Å². The van der Waals surface area contributed by atoms with Crippen LogP contribution in [0.3, 0.4) is 0 Å². The van der Waals surface area contributed by atoms with Crippen LogP contribution in [0.1, 0.15) is 11.1 Å². The molecule has 0 heterocycles. The fraction of sp³-hybridized carbons (Fsp3) is 0.250. The molecule has 0 saturated heterocycles. The molecule has 0 aliphatic carbocycles. The summed E-state index contributed by atoms with van der Waals surface area (Å²) in [5, 5.41) is 11.6. The smallest absolute Gasteiger partial charge is 0.169 e. The standard InChI is InChI=1S/C8H9BrO3/c1-5-3-7(11-12-10)4-6(2)8(5)9/h3-4,10H,1-2H3. The van der Waals surface area contributed by atoms with Crippen molar-refractivity contribution in [2.24, 2.45) is 0 Å². The predicted octanol–water partition coefficient (Wildman–Crippen LogP) is 2.85. The maximum absolute atomic E-state index is 8.04. The minimum Gasteiger partial charge on any atom is -0.308 e. The first kappa shape index (κ1) is 9.51. The van der Waals surface area contributed by atoms with Crippen molar-refractivity contribution in [3.05, 3.63) is 27.7 Å². The van der Waals surface area contributed by atoms with E-state index in [1.54, 1.807) is 12.1 Å². The number of hydrogen-bond acceptors (Lipinski definition) is 3. The summed E-state index contributed by atoms with van der Waals surface area (Å²) in [5.74, 6) is 0.482. The molecule has 0 bridgehead atoms. The van der Waals surface area contributed by atoms with Crippen molar-refractivity contribution in [1.82, 2.24) is 0 Å². The normalized spacial score (nSPS) is 10.0. The van der Waals surface area contributed by atoms with E-state index in [0.717, 1.165) is 15.6 Å². The van der Waals surface area contributed by atoms with Gasteiger partial charge in [-0.3, -0.25) is 0 Å². The molecule has 0 amide bonds. The van der Waals surface area contributed by atoms with Crippen LogP contribution < -0.4 is 4.89 Å². The van der Waals surface area contributed by atoms with Gasteiger partial charge in [0.1, 0.15) is 0 Å². The van der Waals surface area contributed by atoms with E-state index < -0.39 is 0 Å². The molecule has 3 nitrogen and oxygen atoms in total. The Morgan fingerprint density at radius 1 is 1.25 bits per heavy atom. The molecule has 0 saturated carbocycles. The second-order valence-electron chi connectivity index (χ2n) is 2.53. The van der Waals surface area contributed by atoms with Crippen molar-refractivity contribution in [3.8, 4) is 5.75 Å². The summed E-state index contributed by atoms with van der Waals surface area (Å²) in [6.07, 6.45) is 0. The van der Waals surface area contributed by atoms with Crippen LogP contribution in [-0.4, -0.2) is 5.26 Å². The fourth-order valence-electron chi connectivity index (χ4n) is 0.997. The SMILES string of the molecule is Cc1cc(OOO)cc(C)c1Br. The first-order valence-electron chi connectivity index (χ1n) is 3.40. The molecule has 0 unspecified atom stereocenters. The highest BCUT2D eigenvalue weighted by Crippen LogP contribution is 2.26. The van der Waals surface area contributed by atoms with E-state index in [0.29, 0.717) is 5.75 Å². The molecule has 1 rings (SSSR count). The molecule has 0 atom stereocenters. The van der Waals surface area contributed by atoms with Crippen LogP contribution in [0.25, 0.3) is 0 Å². The van der Waals surface area contributed by atoms with Crippen LogP contribution in [0.4, 0.5) is 0 Å². The first-order chi connectivity index (χ1) is 5.65. The molecule has 1 N–H and O–H groups in total. The van der Waals surface area contributed by atoms with Gasteiger partial charge >= 0.3 is 0 Å². The summed E-state index contributed by atoms with van der Waals surface area (Å²) in [5.41, 5.74) is 2.06. The second-order valence-corrected chi connectivity index (χ2v) is 3.32. The lowest BCUT2D eigenvalue weighted by Crippen LogP contribution is -1.93. The Kier molecular flexibility index (Phi) is 3.08. The Morgan fingerprint density at radius 3 is 2.17 bits per heavy atom. The Hall–Kier alpha value is -0.580. The van der Waals surface area contributed by atoms with Crippen LogP contribution in [0.15, 0.2) is 16.6 Å². The average Bonchev–Trinajstić information content (AvgIpc) is 2.01. The average molecular weight is 233 g/mol. The molecule has 12 heavy (non-hydrogen) atoms. The van der Waals surface area contributed by atoms with E-state index in [2.05, 4.69) is 25.9 Å². The topological polar surface area (TPSA) is 38.7 Å². The molecule has 1 aromatic rings. The van der Waals surface area contributed by atoms with E-state index >= 15 is 0 Å². The van der Waals surface area contributed by atoms with E-state index in [-0.39, 0.29) is 0 Å². The molecule has 0 fully saturated rings. The number of rotatable bonds is 2. The summed E-state index contributed by atoms with van der Waals surface area (Å²) in [4.78, 5) is 4.46. The van der Waals surface area contributed by atoms with Gasteiger partial charge in [0.05, 0.1) is 0 Å². The van der Waals surface area contributed by atoms with Crippen LogP contribution in [0, 0.1) is 13.8 Å². The lowest BCUT2D eigenvalue weighted by molar-refractivity contribution is -0.438. The van der Waals surface area contributed by atoms with E-state index in [1.165, 1.54) is 0 Å². The van der Waals surface area contributed by atoms with Crippen molar-refractivity contribution in [2.75, 3.05) is 0 Å². The Labute approximate surface area is 78.9 Å². The van der Waals surface area contributed by atoms with Crippen molar-refractivity contribution in [1.29, 1.82) is 0 Å². The minimum atomic E-state index is 0.482. The van der Waals surface area contributed by atoms with Crippen molar-refractivity contribution < 1.29 is 15.2 Å². The predicted molar refractivity (Wildman–Crippen MR) is 48.0 cm³/mol. The summed E-state index contributed by atoms with van der Waals surface area (Å²) < 4.78 is 1.03. The third-order valence-corrected chi connectivity index (χ3v) is 2.79. The second kappa shape index (κ2) is 3.89. The molecule has 1 aromatic carbocycles. The molecule has 0 aromatic heterocycles. The Bertz CT molecular complexity index is 263. The van der Waals surface area contributed by atoms with E-state index in [1.807, 2.05) is 13.8 Å². The van der Waals surface area contributed by atoms with Gasteiger partial charge in [-0.05, 0) is 42.1 Å².